The number of aliphatic hydroxyl groups excluding tert-OH is 1. The summed E-state index contributed by atoms with van der Waals surface area (Å²) in [6.07, 6.45) is 1.41. The van der Waals surface area contributed by atoms with Gasteiger partial charge in [0.15, 0.2) is 0 Å². The highest BCUT2D eigenvalue weighted by Crippen LogP contribution is 2.31. The first-order valence-electron chi connectivity index (χ1n) is 7.36. The van der Waals surface area contributed by atoms with Crippen molar-refractivity contribution < 1.29 is 15.0 Å². The fourth-order valence-electron chi connectivity index (χ4n) is 2.78. The van der Waals surface area contributed by atoms with Crippen molar-refractivity contribution in [1.82, 2.24) is 9.55 Å². The van der Waals surface area contributed by atoms with Crippen molar-refractivity contribution in [3.05, 3.63) is 29.6 Å². The lowest BCUT2D eigenvalue weighted by atomic mass is 10.1. The minimum absolute atomic E-state index is 0.0536. The molecule has 114 valence electrons. The van der Waals surface area contributed by atoms with E-state index in [-0.39, 0.29) is 24.1 Å². The van der Waals surface area contributed by atoms with Crippen molar-refractivity contribution in [1.29, 1.82) is 0 Å². The van der Waals surface area contributed by atoms with Gasteiger partial charge in [-0.3, -0.25) is 0 Å². The Kier molecular flexibility index (Phi) is 4.63. The van der Waals surface area contributed by atoms with Crippen LogP contribution >= 0.6 is 0 Å². The Labute approximate surface area is 124 Å². The van der Waals surface area contributed by atoms with E-state index in [0.717, 1.165) is 12.2 Å². The van der Waals surface area contributed by atoms with Gasteiger partial charge in [0.1, 0.15) is 5.82 Å². The molecule has 1 atom stereocenters. The highest BCUT2D eigenvalue weighted by atomic mass is 16.4. The maximum absolute atomic E-state index is 11.5. The van der Waals surface area contributed by atoms with Crippen molar-refractivity contribution in [3.63, 3.8) is 0 Å². The van der Waals surface area contributed by atoms with Gasteiger partial charge in [-0.25, -0.2) is 9.78 Å². The zero-order valence-electron chi connectivity index (χ0n) is 12.7. The zero-order valence-corrected chi connectivity index (χ0v) is 12.7. The number of benzene rings is 1. The van der Waals surface area contributed by atoms with E-state index in [0.29, 0.717) is 17.5 Å². The third kappa shape index (κ3) is 2.78. The number of carboxylic acid groups (broad SMARTS) is 1. The van der Waals surface area contributed by atoms with E-state index in [2.05, 4.69) is 4.98 Å². The number of aromatic nitrogens is 2. The van der Waals surface area contributed by atoms with Crippen LogP contribution < -0.4 is 0 Å². The molecule has 0 amide bonds. The number of aliphatic hydroxyl groups is 1. The summed E-state index contributed by atoms with van der Waals surface area (Å²) >= 11 is 0. The fraction of sp³-hybridized carbons (Fsp3) is 0.500. The molecule has 2 N–H and O–H groups in total. The molecule has 5 nitrogen and oxygen atoms in total. The van der Waals surface area contributed by atoms with Crippen LogP contribution in [0, 0.1) is 0 Å². The fourth-order valence-corrected chi connectivity index (χ4v) is 2.78. The number of imidazole rings is 1. The Morgan fingerprint density at radius 1 is 1.38 bits per heavy atom. The highest BCUT2D eigenvalue weighted by molar-refractivity contribution is 6.01. The summed E-state index contributed by atoms with van der Waals surface area (Å²) in [6.45, 7) is 6.21. The molecular formula is C16H22N2O3. The van der Waals surface area contributed by atoms with Gasteiger partial charge in [0.05, 0.1) is 16.6 Å². The van der Waals surface area contributed by atoms with Crippen molar-refractivity contribution in [2.75, 3.05) is 6.61 Å². The van der Waals surface area contributed by atoms with E-state index in [1.807, 2.05) is 31.4 Å². The molecule has 0 aliphatic heterocycles. The Morgan fingerprint density at radius 3 is 2.62 bits per heavy atom. The minimum Gasteiger partial charge on any atom is -0.478 e. The number of hydrogen-bond acceptors (Lipinski definition) is 3. The van der Waals surface area contributed by atoms with Crippen LogP contribution in [0.4, 0.5) is 0 Å². The summed E-state index contributed by atoms with van der Waals surface area (Å²) in [5.74, 6) is 0.113. The normalized spacial score (nSPS) is 13.0. The zero-order chi connectivity index (χ0) is 15.6. The third-order valence-electron chi connectivity index (χ3n) is 3.78. The number of fused-ring (bicyclic) bond motifs is 1. The standard InChI is InChI=1S/C16H22N2O3/c1-4-11(8-9-19)18-14-12(16(20)21)6-5-7-13(14)17-15(18)10(2)3/h5-7,10-11,19H,4,8-9H2,1-3H3,(H,20,21). The van der Waals surface area contributed by atoms with Gasteiger partial charge in [-0.05, 0) is 25.0 Å². The molecule has 0 aliphatic rings. The molecule has 0 spiro atoms. The average molecular weight is 290 g/mol. The smallest absolute Gasteiger partial charge is 0.337 e. The lowest BCUT2D eigenvalue weighted by Gasteiger charge is -2.21. The Morgan fingerprint density at radius 2 is 2.10 bits per heavy atom. The van der Waals surface area contributed by atoms with Gasteiger partial charge in [-0.15, -0.1) is 0 Å². The lowest BCUT2D eigenvalue weighted by molar-refractivity contribution is 0.0698. The van der Waals surface area contributed by atoms with Crippen LogP contribution in [0.2, 0.25) is 0 Å². The predicted molar refractivity (Wildman–Crippen MR) is 81.8 cm³/mol. The topological polar surface area (TPSA) is 75.3 Å². The molecule has 0 aliphatic carbocycles. The van der Waals surface area contributed by atoms with Crippen LogP contribution in [0.3, 0.4) is 0 Å². The summed E-state index contributed by atoms with van der Waals surface area (Å²) in [7, 11) is 0. The first kappa shape index (κ1) is 15.5. The maximum atomic E-state index is 11.5. The molecule has 0 bridgehead atoms. The molecule has 0 saturated heterocycles. The Hall–Kier alpha value is -1.88. The predicted octanol–water partition coefficient (Wildman–Crippen LogP) is 3.19. The molecule has 0 radical (unpaired) electrons. The van der Waals surface area contributed by atoms with Gasteiger partial charge in [-0.2, -0.15) is 0 Å². The molecule has 0 saturated carbocycles. The summed E-state index contributed by atoms with van der Waals surface area (Å²) < 4.78 is 2.01. The van der Waals surface area contributed by atoms with E-state index < -0.39 is 5.97 Å². The summed E-state index contributed by atoms with van der Waals surface area (Å²) in [6, 6.07) is 5.23. The van der Waals surface area contributed by atoms with E-state index in [4.69, 9.17) is 0 Å². The quantitative estimate of drug-likeness (QED) is 0.856. The largest absolute Gasteiger partial charge is 0.478 e. The molecule has 21 heavy (non-hydrogen) atoms. The number of aromatic carboxylic acids is 1. The summed E-state index contributed by atoms with van der Waals surface area (Å²) in [5, 5.41) is 18.7. The van der Waals surface area contributed by atoms with Crippen molar-refractivity contribution in [2.45, 2.75) is 45.6 Å². The molecule has 1 aromatic heterocycles. The number of rotatable bonds is 6. The van der Waals surface area contributed by atoms with E-state index in [1.54, 1.807) is 12.1 Å². The van der Waals surface area contributed by atoms with Crippen molar-refractivity contribution >= 4 is 17.0 Å². The van der Waals surface area contributed by atoms with Crippen LogP contribution in [0.5, 0.6) is 0 Å². The van der Waals surface area contributed by atoms with Crippen LogP contribution in [0.25, 0.3) is 11.0 Å². The molecule has 1 unspecified atom stereocenters. The molecule has 2 aromatic rings. The van der Waals surface area contributed by atoms with E-state index in [1.165, 1.54) is 0 Å². The highest BCUT2D eigenvalue weighted by Gasteiger charge is 2.23. The van der Waals surface area contributed by atoms with Gasteiger partial charge >= 0.3 is 5.97 Å². The van der Waals surface area contributed by atoms with Crippen LogP contribution in [-0.4, -0.2) is 32.3 Å². The number of carboxylic acids is 1. The van der Waals surface area contributed by atoms with E-state index >= 15 is 0 Å². The number of nitrogens with zero attached hydrogens (tertiary/aromatic N) is 2. The van der Waals surface area contributed by atoms with Gasteiger partial charge in [0, 0.05) is 18.6 Å². The third-order valence-corrected chi connectivity index (χ3v) is 3.78. The van der Waals surface area contributed by atoms with Crippen molar-refractivity contribution in [2.24, 2.45) is 0 Å². The maximum Gasteiger partial charge on any atom is 0.337 e. The molecule has 0 fully saturated rings. The molecule has 1 aromatic carbocycles. The molecule has 1 heterocycles. The van der Waals surface area contributed by atoms with Gasteiger partial charge < -0.3 is 14.8 Å². The van der Waals surface area contributed by atoms with Crippen LogP contribution in [-0.2, 0) is 0 Å². The SMILES string of the molecule is CCC(CCO)n1c(C(C)C)nc2cccc(C(=O)O)c21. The Balaban J connectivity index is 2.79. The van der Waals surface area contributed by atoms with E-state index in [9.17, 15) is 15.0 Å². The van der Waals surface area contributed by atoms with Gasteiger partial charge in [0.2, 0.25) is 0 Å². The van der Waals surface area contributed by atoms with Gasteiger partial charge in [0.25, 0.3) is 0 Å². The average Bonchev–Trinajstić information content (AvgIpc) is 2.84. The first-order valence-corrected chi connectivity index (χ1v) is 7.36. The lowest BCUT2D eigenvalue weighted by Crippen LogP contribution is -2.15. The summed E-state index contributed by atoms with van der Waals surface area (Å²) in [4.78, 5) is 16.1. The minimum atomic E-state index is -0.948. The molecule has 5 heteroatoms. The van der Waals surface area contributed by atoms with Crippen molar-refractivity contribution in [3.8, 4) is 0 Å². The Bertz CT molecular complexity index is 646. The molecule has 2 rings (SSSR count). The van der Waals surface area contributed by atoms with Gasteiger partial charge in [-0.1, -0.05) is 26.8 Å². The second-order valence-electron chi connectivity index (χ2n) is 5.55. The number of hydrogen-bond donors (Lipinski definition) is 2. The first-order chi connectivity index (χ1) is 10.0. The number of para-hydroxylation sites is 1. The number of carbonyl (C=O) groups is 1. The molecular weight excluding hydrogens is 268 g/mol. The second kappa shape index (κ2) is 6.26. The van der Waals surface area contributed by atoms with Crippen LogP contribution in [0.15, 0.2) is 18.2 Å². The monoisotopic (exact) mass is 290 g/mol. The summed E-state index contributed by atoms with van der Waals surface area (Å²) in [5.41, 5.74) is 1.63. The van der Waals surface area contributed by atoms with Crippen LogP contribution in [0.1, 0.15) is 61.8 Å². The second-order valence-corrected chi connectivity index (χ2v) is 5.55.